The second-order valence-electron chi connectivity index (χ2n) is 8.72. The molecule has 4 aromatic rings. The summed E-state index contributed by atoms with van der Waals surface area (Å²) in [5.74, 6) is 0.841. The summed E-state index contributed by atoms with van der Waals surface area (Å²) in [6, 6.07) is 27.6. The summed E-state index contributed by atoms with van der Waals surface area (Å²) in [7, 11) is 0. The molecule has 170 valence electrons. The minimum atomic E-state index is -0.320. The Kier molecular flexibility index (Phi) is 6.39. The maximum absolute atomic E-state index is 13.4. The molecule has 0 bridgehead atoms. The van der Waals surface area contributed by atoms with E-state index in [0.717, 1.165) is 51.9 Å². The number of benzene rings is 3. The fraction of sp³-hybridized carbons (Fsp3) is 0.200. The standard InChI is InChI=1S/C30H27NO3/c1-21-18-23(20-22-10-4-2-5-11-22)29-26(19-21)28(25-14-8-9-15-27(25)31-29)30(32)34-17-16-33-24-12-6-3-7-13-24/h2-15,20-21H,16-19H2,1H3. The number of rotatable bonds is 6. The smallest absolute Gasteiger partial charge is 0.339 e. The van der Waals surface area contributed by atoms with Crippen molar-refractivity contribution in [3.05, 3.63) is 107 Å². The van der Waals surface area contributed by atoms with E-state index in [4.69, 9.17) is 14.5 Å². The molecule has 1 aliphatic rings. The summed E-state index contributed by atoms with van der Waals surface area (Å²) >= 11 is 0. The van der Waals surface area contributed by atoms with Gasteiger partial charge >= 0.3 is 5.97 Å². The molecule has 1 aromatic heterocycles. The molecule has 0 saturated carbocycles. The monoisotopic (exact) mass is 449 g/mol. The van der Waals surface area contributed by atoms with E-state index < -0.39 is 0 Å². The largest absolute Gasteiger partial charge is 0.490 e. The molecule has 1 heterocycles. The maximum atomic E-state index is 13.4. The Bertz CT molecular complexity index is 1330. The molecule has 0 fully saturated rings. The highest BCUT2D eigenvalue weighted by molar-refractivity contribution is 6.06. The number of para-hydroxylation sites is 2. The van der Waals surface area contributed by atoms with Gasteiger partial charge in [-0.1, -0.05) is 73.7 Å². The average Bonchev–Trinajstić information content (AvgIpc) is 2.86. The van der Waals surface area contributed by atoms with Crippen LogP contribution in [0, 0.1) is 5.92 Å². The van der Waals surface area contributed by atoms with E-state index in [1.165, 1.54) is 0 Å². The number of pyridine rings is 1. The third-order valence-corrected chi connectivity index (χ3v) is 6.09. The van der Waals surface area contributed by atoms with Gasteiger partial charge < -0.3 is 9.47 Å². The number of carbonyl (C=O) groups excluding carboxylic acids is 1. The summed E-state index contributed by atoms with van der Waals surface area (Å²) in [5.41, 5.74) is 5.62. The van der Waals surface area contributed by atoms with E-state index in [0.29, 0.717) is 18.1 Å². The fourth-order valence-corrected chi connectivity index (χ4v) is 4.60. The van der Waals surface area contributed by atoms with Crippen molar-refractivity contribution in [3.8, 4) is 5.75 Å². The van der Waals surface area contributed by atoms with E-state index in [9.17, 15) is 4.79 Å². The molecule has 4 nitrogen and oxygen atoms in total. The topological polar surface area (TPSA) is 48.4 Å². The van der Waals surface area contributed by atoms with Gasteiger partial charge in [0.05, 0.1) is 16.8 Å². The van der Waals surface area contributed by atoms with Crippen LogP contribution in [0.4, 0.5) is 0 Å². The summed E-state index contributed by atoms with van der Waals surface area (Å²) in [6.45, 7) is 2.71. The molecule has 34 heavy (non-hydrogen) atoms. The van der Waals surface area contributed by atoms with Crippen molar-refractivity contribution in [2.24, 2.45) is 5.92 Å². The fourth-order valence-electron chi connectivity index (χ4n) is 4.60. The first kappa shape index (κ1) is 21.9. The van der Waals surface area contributed by atoms with Gasteiger partial charge in [0.25, 0.3) is 0 Å². The molecular formula is C30H27NO3. The molecular weight excluding hydrogens is 422 g/mol. The minimum absolute atomic E-state index is 0.182. The van der Waals surface area contributed by atoms with Gasteiger partial charge in [-0.3, -0.25) is 0 Å². The van der Waals surface area contributed by atoms with Crippen LogP contribution < -0.4 is 4.74 Å². The van der Waals surface area contributed by atoms with Crippen LogP contribution in [0.25, 0.3) is 22.6 Å². The van der Waals surface area contributed by atoms with Crippen LogP contribution in [-0.2, 0) is 11.2 Å². The van der Waals surface area contributed by atoms with Gasteiger partial charge in [0.2, 0.25) is 0 Å². The van der Waals surface area contributed by atoms with Crippen molar-refractivity contribution in [2.45, 2.75) is 19.8 Å². The highest BCUT2D eigenvalue weighted by Gasteiger charge is 2.28. The molecule has 0 radical (unpaired) electrons. The molecule has 3 aromatic carbocycles. The van der Waals surface area contributed by atoms with Crippen molar-refractivity contribution in [3.63, 3.8) is 0 Å². The van der Waals surface area contributed by atoms with Crippen LogP contribution in [0.5, 0.6) is 5.75 Å². The normalized spacial score (nSPS) is 16.3. The van der Waals surface area contributed by atoms with Crippen LogP contribution in [0.15, 0.2) is 84.9 Å². The SMILES string of the molecule is CC1CC(=Cc2ccccc2)c2nc3ccccc3c(C(=O)OCCOc3ccccc3)c2C1. The number of hydrogen-bond acceptors (Lipinski definition) is 4. The van der Waals surface area contributed by atoms with Gasteiger partial charge in [-0.2, -0.15) is 0 Å². The molecule has 0 spiro atoms. The maximum Gasteiger partial charge on any atom is 0.339 e. The number of allylic oxidation sites excluding steroid dienone is 1. The first-order valence-corrected chi connectivity index (χ1v) is 11.7. The third kappa shape index (κ3) is 4.72. The zero-order valence-corrected chi connectivity index (χ0v) is 19.2. The molecule has 0 saturated heterocycles. The van der Waals surface area contributed by atoms with Gasteiger partial charge in [0, 0.05) is 5.39 Å². The number of hydrogen-bond donors (Lipinski definition) is 0. The molecule has 1 aliphatic carbocycles. The molecule has 1 atom stereocenters. The van der Waals surface area contributed by atoms with Crippen molar-refractivity contribution in [2.75, 3.05) is 13.2 Å². The van der Waals surface area contributed by atoms with Crippen molar-refractivity contribution in [1.82, 2.24) is 4.98 Å². The predicted octanol–water partition coefficient (Wildman–Crippen LogP) is 6.59. The summed E-state index contributed by atoms with van der Waals surface area (Å²) in [4.78, 5) is 18.4. The molecule has 4 heteroatoms. The van der Waals surface area contributed by atoms with Crippen LogP contribution in [0.3, 0.4) is 0 Å². The van der Waals surface area contributed by atoms with E-state index in [2.05, 4.69) is 25.1 Å². The number of ether oxygens (including phenoxy) is 2. The number of esters is 1. The van der Waals surface area contributed by atoms with Gasteiger partial charge in [-0.25, -0.2) is 9.78 Å². The van der Waals surface area contributed by atoms with E-state index in [1.807, 2.05) is 72.8 Å². The third-order valence-electron chi connectivity index (χ3n) is 6.09. The molecule has 0 amide bonds. The zero-order chi connectivity index (χ0) is 23.3. The predicted molar refractivity (Wildman–Crippen MR) is 136 cm³/mol. The lowest BCUT2D eigenvalue weighted by Crippen LogP contribution is -2.20. The highest BCUT2D eigenvalue weighted by Crippen LogP contribution is 2.38. The van der Waals surface area contributed by atoms with Crippen molar-refractivity contribution < 1.29 is 14.3 Å². The summed E-state index contributed by atoms with van der Waals surface area (Å²) < 4.78 is 11.4. The molecule has 1 unspecified atom stereocenters. The lowest BCUT2D eigenvalue weighted by molar-refractivity contribution is 0.0451. The van der Waals surface area contributed by atoms with Gasteiger partial charge in [0.1, 0.15) is 19.0 Å². The van der Waals surface area contributed by atoms with Gasteiger partial charge in [-0.15, -0.1) is 0 Å². The first-order chi connectivity index (χ1) is 16.7. The Labute approximate surface area is 199 Å². The number of aromatic nitrogens is 1. The molecule has 5 rings (SSSR count). The first-order valence-electron chi connectivity index (χ1n) is 11.7. The van der Waals surface area contributed by atoms with Crippen molar-refractivity contribution >= 4 is 28.5 Å². The van der Waals surface area contributed by atoms with Crippen LogP contribution in [0.2, 0.25) is 0 Å². The second kappa shape index (κ2) is 9.92. The van der Waals surface area contributed by atoms with Crippen LogP contribution in [0.1, 0.15) is 40.5 Å². The average molecular weight is 450 g/mol. The number of nitrogens with zero attached hydrogens (tertiary/aromatic N) is 1. The summed E-state index contributed by atoms with van der Waals surface area (Å²) in [6.07, 6.45) is 3.91. The quantitative estimate of drug-likeness (QED) is 0.246. The van der Waals surface area contributed by atoms with E-state index in [-0.39, 0.29) is 12.6 Å². The van der Waals surface area contributed by atoms with E-state index >= 15 is 0 Å². The van der Waals surface area contributed by atoms with E-state index in [1.54, 1.807) is 0 Å². The highest BCUT2D eigenvalue weighted by atomic mass is 16.6. The zero-order valence-electron chi connectivity index (χ0n) is 19.2. The Hall–Kier alpha value is -3.92. The minimum Gasteiger partial charge on any atom is -0.490 e. The lowest BCUT2D eigenvalue weighted by atomic mass is 9.80. The molecule has 0 N–H and O–H groups in total. The number of carbonyl (C=O) groups is 1. The Morgan fingerprint density at radius 1 is 0.912 bits per heavy atom. The molecule has 0 aliphatic heterocycles. The second-order valence-corrected chi connectivity index (χ2v) is 8.72. The Morgan fingerprint density at radius 3 is 2.41 bits per heavy atom. The van der Waals surface area contributed by atoms with Crippen molar-refractivity contribution in [1.29, 1.82) is 0 Å². The Balaban J connectivity index is 1.48. The Morgan fingerprint density at radius 2 is 1.62 bits per heavy atom. The van der Waals surface area contributed by atoms with Gasteiger partial charge in [-0.05, 0) is 59.7 Å². The van der Waals surface area contributed by atoms with Crippen LogP contribution >= 0.6 is 0 Å². The van der Waals surface area contributed by atoms with Crippen LogP contribution in [-0.4, -0.2) is 24.2 Å². The summed E-state index contributed by atoms with van der Waals surface area (Å²) in [5, 5.41) is 0.836. The number of fused-ring (bicyclic) bond motifs is 2. The van der Waals surface area contributed by atoms with Gasteiger partial charge in [0.15, 0.2) is 0 Å². The lowest BCUT2D eigenvalue weighted by Gasteiger charge is -2.26.